The van der Waals surface area contributed by atoms with Crippen molar-refractivity contribution in [1.29, 1.82) is 0 Å². The normalized spacial score (nSPS) is 12.4. The van der Waals surface area contributed by atoms with Gasteiger partial charge in [0.2, 0.25) is 0 Å². The van der Waals surface area contributed by atoms with Crippen LogP contribution >= 0.6 is 0 Å². The van der Waals surface area contributed by atoms with Gasteiger partial charge >= 0.3 is 6.18 Å². The third-order valence-corrected chi connectivity index (χ3v) is 4.98. The van der Waals surface area contributed by atoms with Crippen LogP contribution in [0.3, 0.4) is 0 Å². The summed E-state index contributed by atoms with van der Waals surface area (Å²) in [6.07, 6.45) is -3.06. The van der Waals surface area contributed by atoms with Crippen molar-refractivity contribution in [2.24, 2.45) is 0 Å². The summed E-state index contributed by atoms with van der Waals surface area (Å²) < 4.78 is 62.8. The van der Waals surface area contributed by atoms with E-state index in [1.165, 1.54) is 13.1 Å². The molecule has 0 fully saturated rings. The highest BCUT2D eigenvalue weighted by Crippen LogP contribution is 2.35. The van der Waals surface area contributed by atoms with Crippen LogP contribution in [0.4, 0.5) is 13.2 Å². The van der Waals surface area contributed by atoms with Crippen molar-refractivity contribution in [3.63, 3.8) is 0 Å². The number of halogens is 3. The Morgan fingerprint density at radius 2 is 1.82 bits per heavy atom. The summed E-state index contributed by atoms with van der Waals surface area (Å²) in [5.41, 5.74) is 0.382. The first-order chi connectivity index (χ1) is 10.1. The Labute approximate surface area is 126 Å². The lowest BCUT2D eigenvalue weighted by atomic mass is 10.1. The van der Waals surface area contributed by atoms with Crippen molar-refractivity contribution in [2.75, 3.05) is 5.75 Å². The van der Waals surface area contributed by atoms with Crippen LogP contribution in [0.1, 0.15) is 18.1 Å². The van der Waals surface area contributed by atoms with Crippen LogP contribution in [0.25, 0.3) is 11.3 Å². The van der Waals surface area contributed by atoms with Gasteiger partial charge in [-0.05, 0) is 30.7 Å². The second-order valence-electron chi connectivity index (χ2n) is 4.83. The SMILES string of the molecule is CCS(=O)(=O)c1cc(C(F)(F)F)ccc1-c1ccc(C)cn1. The molecule has 0 radical (unpaired) electrons. The molecule has 1 aromatic carbocycles. The van der Waals surface area contributed by atoms with E-state index in [0.717, 1.165) is 17.7 Å². The Morgan fingerprint density at radius 3 is 2.32 bits per heavy atom. The highest BCUT2D eigenvalue weighted by molar-refractivity contribution is 7.91. The number of alkyl halides is 3. The molecule has 0 unspecified atom stereocenters. The zero-order chi connectivity index (χ0) is 16.5. The first kappa shape index (κ1) is 16.5. The van der Waals surface area contributed by atoms with Crippen molar-refractivity contribution < 1.29 is 21.6 Å². The van der Waals surface area contributed by atoms with Gasteiger partial charge < -0.3 is 0 Å². The molecule has 0 saturated carbocycles. The molecule has 118 valence electrons. The van der Waals surface area contributed by atoms with E-state index in [9.17, 15) is 21.6 Å². The molecular formula is C15H14F3NO2S. The third kappa shape index (κ3) is 3.30. The van der Waals surface area contributed by atoms with Gasteiger partial charge in [0.25, 0.3) is 0 Å². The first-order valence-electron chi connectivity index (χ1n) is 6.52. The topological polar surface area (TPSA) is 47.0 Å². The molecule has 0 spiro atoms. The number of sulfone groups is 1. The van der Waals surface area contributed by atoms with Crippen LogP contribution < -0.4 is 0 Å². The largest absolute Gasteiger partial charge is 0.416 e. The number of hydrogen-bond donors (Lipinski definition) is 0. The van der Waals surface area contributed by atoms with E-state index in [2.05, 4.69) is 4.98 Å². The standard InChI is InChI=1S/C15H14F3NO2S/c1-3-22(20,21)14-8-11(15(16,17)18)5-6-12(14)13-7-4-10(2)9-19-13/h4-9H,3H2,1-2H3. The highest BCUT2D eigenvalue weighted by Gasteiger charge is 2.32. The molecule has 0 bridgehead atoms. The van der Waals surface area contributed by atoms with Crippen LogP contribution in [-0.4, -0.2) is 19.2 Å². The molecule has 0 atom stereocenters. The molecule has 3 nitrogen and oxygen atoms in total. The Hall–Kier alpha value is -1.89. The van der Waals surface area contributed by atoms with Crippen molar-refractivity contribution in [1.82, 2.24) is 4.98 Å². The number of benzene rings is 1. The zero-order valence-corrected chi connectivity index (χ0v) is 12.8. The molecule has 22 heavy (non-hydrogen) atoms. The second-order valence-corrected chi connectivity index (χ2v) is 7.08. The number of nitrogens with zero attached hydrogens (tertiary/aromatic N) is 1. The maximum Gasteiger partial charge on any atom is 0.416 e. The minimum atomic E-state index is -4.60. The third-order valence-electron chi connectivity index (χ3n) is 3.21. The number of rotatable bonds is 3. The average Bonchev–Trinajstić information content (AvgIpc) is 2.46. The Kier molecular flexibility index (Phi) is 4.28. The fourth-order valence-electron chi connectivity index (χ4n) is 1.95. The molecule has 0 aliphatic carbocycles. The molecule has 2 rings (SSSR count). The molecule has 1 heterocycles. The first-order valence-corrected chi connectivity index (χ1v) is 8.17. The van der Waals surface area contributed by atoms with E-state index in [1.807, 2.05) is 6.92 Å². The molecule has 0 saturated heterocycles. The lowest BCUT2D eigenvalue weighted by molar-refractivity contribution is -0.137. The summed E-state index contributed by atoms with van der Waals surface area (Å²) in [7, 11) is -3.81. The van der Waals surface area contributed by atoms with Crippen LogP contribution in [0.5, 0.6) is 0 Å². The highest BCUT2D eigenvalue weighted by atomic mass is 32.2. The molecule has 0 aliphatic rings. The van der Waals surface area contributed by atoms with Gasteiger partial charge in [0.05, 0.1) is 21.9 Å². The lowest BCUT2D eigenvalue weighted by Crippen LogP contribution is -2.11. The Morgan fingerprint density at radius 1 is 1.14 bits per heavy atom. The van der Waals surface area contributed by atoms with Crippen molar-refractivity contribution in [2.45, 2.75) is 24.9 Å². The smallest absolute Gasteiger partial charge is 0.256 e. The monoisotopic (exact) mass is 329 g/mol. The number of aromatic nitrogens is 1. The van der Waals surface area contributed by atoms with Crippen LogP contribution in [0.15, 0.2) is 41.4 Å². The van der Waals surface area contributed by atoms with E-state index in [1.54, 1.807) is 12.1 Å². The van der Waals surface area contributed by atoms with Gasteiger partial charge in [-0.1, -0.05) is 19.1 Å². The summed E-state index contributed by atoms with van der Waals surface area (Å²) in [5.74, 6) is -0.285. The average molecular weight is 329 g/mol. The van der Waals surface area contributed by atoms with Crippen molar-refractivity contribution >= 4 is 9.84 Å². The van der Waals surface area contributed by atoms with Gasteiger partial charge in [-0.15, -0.1) is 0 Å². The minimum absolute atomic E-state index is 0.176. The lowest BCUT2D eigenvalue weighted by Gasteiger charge is -2.13. The van der Waals surface area contributed by atoms with Crippen LogP contribution in [-0.2, 0) is 16.0 Å². The molecular weight excluding hydrogens is 315 g/mol. The number of pyridine rings is 1. The summed E-state index contributed by atoms with van der Waals surface area (Å²) >= 11 is 0. The molecule has 0 amide bonds. The van der Waals surface area contributed by atoms with E-state index in [0.29, 0.717) is 11.8 Å². The Bertz CT molecular complexity index is 781. The maximum absolute atomic E-state index is 12.8. The summed E-state index contributed by atoms with van der Waals surface area (Å²) in [6, 6.07) is 6.01. The van der Waals surface area contributed by atoms with Gasteiger partial charge in [-0.3, -0.25) is 4.98 Å². The number of aryl methyl sites for hydroxylation is 1. The number of hydrogen-bond acceptors (Lipinski definition) is 3. The molecule has 2 aromatic rings. The van der Waals surface area contributed by atoms with Gasteiger partial charge in [-0.25, -0.2) is 8.42 Å². The summed E-state index contributed by atoms with van der Waals surface area (Å²) in [4.78, 5) is 3.76. The zero-order valence-electron chi connectivity index (χ0n) is 12.0. The Balaban J connectivity index is 2.71. The molecule has 7 heteroatoms. The fourth-order valence-corrected chi connectivity index (χ4v) is 3.08. The van der Waals surface area contributed by atoms with Gasteiger partial charge in [0.15, 0.2) is 9.84 Å². The molecule has 0 aliphatic heterocycles. The predicted molar refractivity (Wildman–Crippen MR) is 77.1 cm³/mol. The van der Waals surface area contributed by atoms with E-state index in [-0.39, 0.29) is 16.2 Å². The summed E-state index contributed by atoms with van der Waals surface area (Å²) in [5, 5.41) is 0. The van der Waals surface area contributed by atoms with Gasteiger partial charge in [-0.2, -0.15) is 13.2 Å². The summed E-state index contributed by atoms with van der Waals surface area (Å²) in [6.45, 7) is 3.20. The van der Waals surface area contributed by atoms with E-state index < -0.39 is 21.6 Å². The predicted octanol–water partition coefficient (Wildman–Crippen LogP) is 3.87. The molecule has 1 aromatic heterocycles. The second kappa shape index (κ2) is 5.72. The van der Waals surface area contributed by atoms with Crippen LogP contribution in [0.2, 0.25) is 0 Å². The minimum Gasteiger partial charge on any atom is -0.256 e. The van der Waals surface area contributed by atoms with Crippen LogP contribution in [0, 0.1) is 6.92 Å². The maximum atomic E-state index is 12.8. The van der Waals surface area contributed by atoms with Crippen molar-refractivity contribution in [3.8, 4) is 11.3 Å². The molecule has 0 N–H and O–H groups in total. The van der Waals surface area contributed by atoms with Crippen molar-refractivity contribution in [3.05, 3.63) is 47.7 Å². The fraction of sp³-hybridized carbons (Fsp3) is 0.267. The van der Waals surface area contributed by atoms with Gasteiger partial charge in [0.1, 0.15) is 0 Å². The van der Waals surface area contributed by atoms with Gasteiger partial charge in [0, 0.05) is 11.8 Å². The van der Waals surface area contributed by atoms with E-state index >= 15 is 0 Å². The quantitative estimate of drug-likeness (QED) is 0.859. The van der Waals surface area contributed by atoms with E-state index in [4.69, 9.17) is 0 Å².